The molecule has 0 radical (unpaired) electrons. The molecule has 0 fully saturated rings. The van der Waals surface area contributed by atoms with Crippen LogP contribution >= 0.6 is 0 Å². The van der Waals surface area contributed by atoms with E-state index < -0.39 is 22.0 Å². The summed E-state index contributed by atoms with van der Waals surface area (Å²) in [5, 5.41) is 2.78. The number of aryl methyl sites for hydroxylation is 2. The number of nitrogens with one attached hydrogen (secondary N) is 1. The van der Waals surface area contributed by atoms with Crippen LogP contribution in [0.3, 0.4) is 0 Å². The molecule has 0 aliphatic carbocycles. The van der Waals surface area contributed by atoms with Crippen LogP contribution in [0.15, 0.2) is 48.5 Å². The minimum Gasteiger partial charge on any atom is -0.355 e. The summed E-state index contributed by atoms with van der Waals surface area (Å²) < 4.78 is 26.2. The highest BCUT2D eigenvalue weighted by Crippen LogP contribution is 2.21. The number of hydrogen-bond acceptors (Lipinski definition) is 4. The number of nitrogens with zero attached hydrogens (tertiary/aromatic N) is 2. The first-order valence-electron chi connectivity index (χ1n) is 10.7. The monoisotopic (exact) mass is 459 g/mol. The Hall–Kier alpha value is -2.87. The fourth-order valence-electron chi connectivity index (χ4n) is 3.50. The normalized spacial score (nSPS) is 12.2. The summed E-state index contributed by atoms with van der Waals surface area (Å²) in [6, 6.07) is 14.0. The molecule has 1 atom stereocenters. The van der Waals surface area contributed by atoms with Gasteiger partial charge in [0.2, 0.25) is 21.8 Å². The molecule has 0 bridgehead atoms. The summed E-state index contributed by atoms with van der Waals surface area (Å²) in [6.45, 7) is 7.76. The van der Waals surface area contributed by atoms with Crippen molar-refractivity contribution in [2.45, 2.75) is 46.7 Å². The van der Waals surface area contributed by atoms with Crippen LogP contribution in [0.5, 0.6) is 0 Å². The fraction of sp³-hybridized carbons (Fsp3) is 0.417. The van der Waals surface area contributed by atoms with Crippen molar-refractivity contribution in [1.29, 1.82) is 0 Å². The van der Waals surface area contributed by atoms with Gasteiger partial charge >= 0.3 is 0 Å². The summed E-state index contributed by atoms with van der Waals surface area (Å²) in [7, 11) is -3.72. The molecule has 0 spiro atoms. The summed E-state index contributed by atoms with van der Waals surface area (Å²) in [6.07, 6.45) is 1.49. The van der Waals surface area contributed by atoms with E-state index in [1.165, 1.54) is 4.90 Å². The van der Waals surface area contributed by atoms with Crippen LogP contribution in [-0.4, -0.2) is 50.5 Å². The summed E-state index contributed by atoms with van der Waals surface area (Å²) in [5.74, 6) is -0.687. The predicted molar refractivity (Wildman–Crippen MR) is 128 cm³/mol. The molecular weight excluding hydrogens is 426 g/mol. The van der Waals surface area contributed by atoms with Gasteiger partial charge in [0, 0.05) is 13.1 Å². The van der Waals surface area contributed by atoms with Crippen LogP contribution in [0.25, 0.3) is 0 Å². The van der Waals surface area contributed by atoms with Crippen molar-refractivity contribution in [2.75, 3.05) is 23.7 Å². The number of likely N-dealkylation sites (N-methyl/N-ethyl adjacent to an activating group) is 1. The number of sulfonamides is 1. The molecule has 2 amide bonds. The third-order valence-corrected chi connectivity index (χ3v) is 6.32. The lowest BCUT2D eigenvalue weighted by atomic mass is 10.1. The van der Waals surface area contributed by atoms with E-state index in [1.54, 1.807) is 18.2 Å². The Morgan fingerprint density at radius 3 is 2.19 bits per heavy atom. The molecule has 1 unspecified atom stereocenters. The van der Waals surface area contributed by atoms with Crippen LogP contribution in [0.4, 0.5) is 5.69 Å². The summed E-state index contributed by atoms with van der Waals surface area (Å²) in [5.41, 5.74) is 3.26. The molecule has 0 saturated heterocycles. The number of carbonyl (C=O) groups is 2. The van der Waals surface area contributed by atoms with Gasteiger partial charge in [0.05, 0.1) is 11.9 Å². The average molecular weight is 460 g/mol. The zero-order chi connectivity index (χ0) is 23.9. The van der Waals surface area contributed by atoms with Gasteiger partial charge in [0.1, 0.15) is 12.6 Å². The Labute approximate surface area is 191 Å². The van der Waals surface area contributed by atoms with E-state index in [0.29, 0.717) is 18.7 Å². The van der Waals surface area contributed by atoms with Crippen molar-refractivity contribution in [3.8, 4) is 0 Å². The molecule has 32 heavy (non-hydrogen) atoms. The van der Waals surface area contributed by atoms with Gasteiger partial charge in [0.25, 0.3) is 0 Å². The number of anilines is 1. The maximum atomic E-state index is 13.5. The first-order valence-corrected chi connectivity index (χ1v) is 12.6. The molecule has 1 N–H and O–H groups in total. The van der Waals surface area contributed by atoms with Gasteiger partial charge in [-0.05, 0) is 50.5 Å². The van der Waals surface area contributed by atoms with Gasteiger partial charge in [-0.15, -0.1) is 0 Å². The molecule has 2 aromatic carbocycles. The lowest BCUT2D eigenvalue weighted by molar-refractivity contribution is -0.140. The van der Waals surface area contributed by atoms with Crippen LogP contribution in [0.1, 0.15) is 37.0 Å². The molecule has 0 aromatic heterocycles. The van der Waals surface area contributed by atoms with Crippen LogP contribution in [0, 0.1) is 13.8 Å². The van der Waals surface area contributed by atoms with Crippen molar-refractivity contribution in [3.05, 3.63) is 65.2 Å². The third kappa shape index (κ3) is 6.82. The highest BCUT2D eigenvalue weighted by Gasteiger charge is 2.31. The van der Waals surface area contributed by atoms with Gasteiger partial charge in [-0.1, -0.05) is 48.9 Å². The maximum Gasteiger partial charge on any atom is 0.244 e. The van der Waals surface area contributed by atoms with E-state index in [4.69, 9.17) is 0 Å². The summed E-state index contributed by atoms with van der Waals surface area (Å²) >= 11 is 0. The van der Waals surface area contributed by atoms with Crippen molar-refractivity contribution in [3.63, 3.8) is 0 Å². The predicted octanol–water partition coefficient (Wildman–Crippen LogP) is 3.01. The lowest BCUT2D eigenvalue weighted by Gasteiger charge is -2.32. The largest absolute Gasteiger partial charge is 0.355 e. The zero-order valence-corrected chi connectivity index (χ0v) is 20.3. The lowest BCUT2D eigenvalue weighted by Crippen LogP contribution is -2.52. The van der Waals surface area contributed by atoms with Gasteiger partial charge in [-0.25, -0.2) is 8.42 Å². The van der Waals surface area contributed by atoms with Crippen molar-refractivity contribution < 1.29 is 18.0 Å². The summed E-state index contributed by atoms with van der Waals surface area (Å²) in [4.78, 5) is 27.7. The quantitative estimate of drug-likeness (QED) is 0.592. The molecule has 7 nitrogen and oxygen atoms in total. The second kappa shape index (κ2) is 11.1. The minimum absolute atomic E-state index is 0.209. The molecule has 174 valence electrons. The van der Waals surface area contributed by atoms with E-state index in [1.807, 2.05) is 58.0 Å². The average Bonchev–Trinajstić information content (AvgIpc) is 2.72. The van der Waals surface area contributed by atoms with Gasteiger partial charge < -0.3 is 10.2 Å². The van der Waals surface area contributed by atoms with E-state index in [0.717, 1.165) is 27.3 Å². The topological polar surface area (TPSA) is 86.8 Å². The second-order valence-electron chi connectivity index (χ2n) is 7.93. The van der Waals surface area contributed by atoms with E-state index in [-0.39, 0.29) is 19.0 Å². The van der Waals surface area contributed by atoms with E-state index >= 15 is 0 Å². The minimum atomic E-state index is -3.72. The number of amides is 2. The Morgan fingerprint density at radius 1 is 1.00 bits per heavy atom. The van der Waals surface area contributed by atoms with Crippen molar-refractivity contribution in [2.24, 2.45) is 0 Å². The number of hydrogen-bond donors (Lipinski definition) is 1. The van der Waals surface area contributed by atoms with Crippen LogP contribution in [-0.2, 0) is 26.2 Å². The SMILES string of the molecule is CCNC(=O)C(CC)N(Cc1ccc(C)cc1)C(=O)CN(c1cccc(C)c1)S(C)(=O)=O. The maximum absolute atomic E-state index is 13.5. The number of rotatable bonds is 10. The van der Waals surface area contributed by atoms with E-state index in [9.17, 15) is 18.0 Å². The third-order valence-electron chi connectivity index (χ3n) is 5.18. The second-order valence-corrected chi connectivity index (χ2v) is 9.84. The van der Waals surface area contributed by atoms with Crippen LogP contribution < -0.4 is 9.62 Å². The highest BCUT2D eigenvalue weighted by molar-refractivity contribution is 7.92. The first kappa shape index (κ1) is 25.4. The van der Waals surface area contributed by atoms with Gasteiger partial charge in [-0.2, -0.15) is 0 Å². The van der Waals surface area contributed by atoms with Gasteiger partial charge in [0.15, 0.2) is 0 Å². The Morgan fingerprint density at radius 2 is 1.66 bits per heavy atom. The molecule has 2 aromatic rings. The van der Waals surface area contributed by atoms with Crippen molar-refractivity contribution in [1.82, 2.24) is 10.2 Å². The molecule has 0 heterocycles. The smallest absolute Gasteiger partial charge is 0.244 e. The van der Waals surface area contributed by atoms with Crippen molar-refractivity contribution >= 4 is 27.5 Å². The Balaban J connectivity index is 2.42. The number of carbonyl (C=O) groups excluding carboxylic acids is 2. The first-order chi connectivity index (χ1) is 15.1. The highest BCUT2D eigenvalue weighted by atomic mass is 32.2. The molecular formula is C24H33N3O4S. The van der Waals surface area contributed by atoms with Gasteiger partial charge in [-0.3, -0.25) is 13.9 Å². The molecule has 0 aliphatic heterocycles. The Kier molecular flexibility index (Phi) is 8.83. The molecule has 0 aliphatic rings. The molecule has 0 saturated carbocycles. The number of benzene rings is 2. The zero-order valence-electron chi connectivity index (χ0n) is 19.5. The van der Waals surface area contributed by atoms with Crippen LogP contribution in [0.2, 0.25) is 0 Å². The molecule has 2 rings (SSSR count). The standard InChI is InChI=1S/C24H33N3O4S/c1-6-22(24(29)25-7-2)26(16-20-13-11-18(3)12-14-20)23(28)17-27(32(5,30)31)21-10-8-9-19(4)15-21/h8-15,22H,6-7,16-17H2,1-5H3,(H,25,29). The molecule has 8 heteroatoms. The fourth-order valence-corrected chi connectivity index (χ4v) is 4.34. The van der Waals surface area contributed by atoms with E-state index in [2.05, 4.69) is 5.32 Å². The Bertz CT molecular complexity index is 1040.